The van der Waals surface area contributed by atoms with Crippen LogP contribution in [0.2, 0.25) is 0 Å². The average molecular weight is 240 g/mol. The van der Waals surface area contributed by atoms with Gasteiger partial charge in [0.05, 0.1) is 6.16 Å². The predicted octanol–water partition coefficient (Wildman–Crippen LogP) is 3.30. The van der Waals surface area contributed by atoms with Gasteiger partial charge in [0.25, 0.3) is 0 Å². The minimum absolute atomic E-state index is 0.130. The summed E-state index contributed by atoms with van der Waals surface area (Å²) in [6.07, 6.45) is 0.151. The van der Waals surface area contributed by atoms with E-state index in [2.05, 4.69) is 0 Å². The van der Waals surface area contributed by atoms with Crippen molar-refractivity contribution in [3.8, 4) is 0 Å². The topological polar surface area (TPSA) is 26.3 Å². The van der Waals surface area contributed by atoms with Gasteiger partial charge in [-0.3, -0.25) is 4.79 Å². The van der Waals surface area contributed by atoms with Crippen LogP contribution in [0.5, 0.6) is 0 Å². The van der Waals surface area contributed by atoms with Crippen molar-refractivity contribution in [2.45, 2.75) is 32.6 Å². The van der Waals surface area contributed by atoms with Crippen LogP contribution in [-0.4, -0.2) is 31.6 Å². The second-order valence-corrected chi connectivity index (χ2v) is 5.75. The Labute approximate surface area is 91.2 Å². The quantitative estimate of drug-likeness (QED) is 0.638. The fraction of sp³-hybridized carbons (Fsp3) is 0.900. The van der Waals surface area contributed by atoms with Crippen molar-refractivity contribution < 1.29 is 18.1 Å². The molecule has 0 radical (unpaired) electrons. The first kappa shape index (κ1) is 14.9. The monoisotopic (exact) mass is 240 g/mol. The lowest BCUT2D eigenvalue weighted by molar-refractivity contribution is -0.142. The predicted molar refractivity (Wildman–Crippen MR) is 58.7 cm³/mol. The van der Waals surface area contributed by atoms with Crippen molar-refractivity contribution in [3.05, 3.63) is 0 Å². The van der Waals surface area contributed by atoms with E-state index in [1.54, 1.807) is 13.6 Å². The van der Waals surface area contributed by atoms with E-state index in [4.69, 9.17) is 4.52 Å². The van der Waals surface area contributed by atoms with E-state index in [1.165, 1.54) is 7.11 Å². The molecule has 90 valence electrons. The summed E-state index contributed by atoms with van der Waals surface area (Å²) in [6.45, 7) is 5.24. The van der Waals surface area contributed by atoms with E-state index < -0.39 is 19.9 Å². The third-order valence-electron chi connectivity index (χ3n) is 2.39. The molecule has 0 N–H and O–H groups in total. The SMILES string of the molecule is CC[C@H](C)CC(F)(F)C(=O)CP(C)OC. The van der Waals surface area contributed by atoms with Crippen molar-refractivity contribution in [1.82, 2.24) is 0 Å². The van der Waals surface area contributed by atoms with Gasteiger partial charge in [0, 0.05) is 21.7 Å². The lowest BCUT2D eigenvalue weighted by Gasteiger charge is -2.19. The maximum Gasteiger partial charge on any atom is 0.305 e. The third-order valence-corrected chi connectivity index (χ3v) is 3.74. The van der Waals surface area contributed by atoms with Crippen molar-refractivity contribution >= 4 is 13.9 Å². The van der Waals surface area contributed by atoms with E-state index >= 15 is 0 Å². The van der Waals surface area contributed by atoms with Crippen LogP contribution in [0.15, 0.2) is 0 Å². The van der Waals surface area contributed by atoms with Gasteiger partial charge >= 0.3 is 5.92 Å². The normalized spacial score (nSPS) is 16.1. The van der Waals surface area contributed by atoms with Gasteiger partial charge in [-0.05, 0) is 12.6 Å². The Morgan fingerprint density at radius 2 is 2.07 bits per heavy atom. The van der Waals surface area contributed by atoms with Crippen LogP contribution in [0.3, 0.4) is 0 Å². The fourth-order valence-electron chi connectivity index (χ4n) is 1.08. The molecule has 0 aliphatic carbocycles. The number of Topliss-reactive ketones (excluding diaryl/α,β-unsaturated/α-hetero) is 1. The van der Waals surface area contributed by atoms with Crippen molar-refractivity contribution in [1.29, 1.82) is 0 Å². The number of hydrogen-bond acceptors (Lipinski definition) is 2. The van der Waals surface area contributed by atoms with E-state index in [-0.39, 0.29) is 18.5 Å². The first-order valence-electron chi connectivity index (χ1n) is 4.99. The Morgan fingerprint density at radius 1 is 1.53 bits per heavy atom. The van der Waals surface area contributed by atoms with Crippen LogP contribution >= 0.6 is 8.15 Å². The summed E-state index contributed by atoms with van der Waals surface area (Å²) in [5.41, 5.74) is 0. The van der Waals surface area contributed by atoms with Crippen LogP contribution in [0.25, 0.3) is 0 Å². The molecule has 0 saturated carbocycles. The Kier molecular flexibility index (Phi) is 6.46. The molecule has 2 atom stereocenters. The summed E-state index contributed by atoms with van der Waals surface area (Å²) < 4.78 is 31.6. The molecule has 0 bridgehead atoms. The summed E-state index contributed by atoms with van der Waals surface area (Å²) in [4.78, 5) is 11.3. The maximum atomic E-state index is 13.4. The van der Waals surface area contributed by atoms with Gasteiger partial charge in [0.2, 0.25) is 5.78 Å². The number of carbonyl (C=O) groups excluding carboxylic acids is 1. The smallest absolute Gasteiger partial charge is 0.305 e. The Bertz CT molecular complexity index is 210. The van der Waals surface area contributed by atoms with Crippen LogP contribution in [0.1, 0.15) is 26.7 Å². The zero-order chi connectivity index (χ0) is 12.1. The molecule has 0 fully saturated rings. The van der Waals surface area contributed by atoms with Gasteiger partial charge in [-0.15, -0.1) is 0 Å². The number of carbonyl (C=O) groups is 1. The molecular weight excluding hydrogens is 221 g/mol. The van der Waals surface area contributed by atoms with Gasteiger partial charge in [-0.1, -0.05) is 20.3 Å². The van der Waals surface area contributed by atoms with Gasteiger partial charge in [0.1, 0.15) is 0 Å². The van der Waals surface area contributed by atoms with E-state index in [1.807, 2.05) is 6.92 Å². The highest BCUT2D eigenvalue weighted by molar-refractivity contribution is 7.52. The molecule has 2 nitrogen and oxygen atoms in total. The van der Waals surface area contributed by atoms with Crippen LogP contribution < -0.4 is 0 Å². The first-order valence-corrected chi connectivity index (χ1v) is 6.89. The van der Waals surface area contributed by atoms with Crippen molar-refractivity contribution in [2.24, 2.45) is 5.92 Å². The Hall–Kier alpha value is -0.0800. The third kappa shape index (κ3) is 5.53. The van der Waals surface area contributed by atoms with E-state index in [0.717, 1.165) is 0 Å². The largest absolute Gasteiger partial charge is 0.362 e. The lowest BCUT2D eigenvalue weighted by Crippen LogP contribution is -2.32. The highest BCUT2D eigenvalue weighted by Crippen LogP contribution is 2.35. The summed E-state index contributed by atoms with van der Waals surface area (Å²) in [5.74, 6) is -4.31. The molecule has 0 spiro atoms. The molecule has 0 heterocycles. The second-order valence-electron chi connectivity index (χ2n) is 3.81. The molecule has 5 heteroatoms. The van der Waals surface area contributed by atoms with Crippen molar-refractivity contribution in [2.75, 3.05) is 19.9 Å². The molecule has 0 rings (SSSR count). The molecular formula is C10H19F2O2P. The molecule has 1 unspecified atom stereocenters. The van der Waals surface area contributed by atoms with Crippen molar-refractivity contribution in [3.63, 3.8) is 0 Å². The molecule has 0 aromatic heterocycles. The molecule has 15 heavy (non-hydrogen) atoms. The number of hydrogen-bond donors (Lipinski definition) is 0. The molecule has 0 aliphatic rings. The molecule has 0 saturated heterocycles. The van der Waals surface area contributed by atoms with E-state index in [0.29, 0.717) is 6.42 Å². The average Bonchev–Trinajstić information content (AvgIpc) is 2.16. The summed E-state index contributed by atoms with van der Waals surface area (Å²) in [7, 11) is 0.395. The second kappa shape index (κ2) is 6.49. The van der Waals surface area contributed by atoms with Gasteiger partial charge in [-0.2, -0.15) is 8.78 Å². The highest BCUT2D eigenvalue weighted by Gasteiger charge is 2.39. The van der Waals surface area contributed by atoms with E-state index in [9.17, 15) is 13.6 Å². The van der Waals surface area contributed by atoms with Gasteiger partial charge in [0.15, 0.2) is 0 Å². The maximum absolute atomic E-state index is 13.4. The van der Waals surface area contributed by atoms with Gasteiger partial charge in [-0.25, -0.2) is 0 Å². The fourth-order valence-corrected chi connectivity index (χ4v) is 1.84. The zero-order valence-corrected chi connectivity index (χ0v) is 10.6. The number of rotatable bonds is 7. The first-order chi connectivity index (χ1) is 6.83. The minimum Gasteiger partial charge on any atom is -0.362 e. The standard InChI is InChI=1S/C10H19F2O2P/c1-5-8(2)6-10(11,12)9(13)7-15(4)14-3/h8H,5-7H2,1-4H3/t8-,15?/m0/s1. The number of alkyl halides is 2. The Balaban J connectivity index is 4.25. The number of halogens is 2. The van der Waals surface area contributed by atoms with Gasteiger partial charge < -0.3 is 4.52 Å². The Morgan fingerprint density at radius 3 is 2.47 bits per heavy atom. The molecule has 0 amide bonds. The molecule has 0 aliphatic heterocycles. The number of ketones is 1. The molecule has 0 aromatic carbocycles. The summed E-state index contributed by atoms with van der Waals surface area (Å²) in [5, 5.41) is 0. The summed E-state index contributed by atoms with van der Waals surface area (Å²) in [6, 6.07) is 0. The minimum atomic E-state index is -3.19. The zero-order valence-electron chi connectivity index (χ0n) is 9.72. The van der Waals surface area contributed by atoms with Crippen LogP contribution in [0, 0.1) is 5.92 Å². The molecule has 0 aromatic rings. The highest BCUT2D eigenvalue weighted by atomic mass is 31.1. The van der Waals surface area contributed by atoms with Crippen LogP contribution in [-0.2, 0) is 9.32 Å². The van der Waals surface area contributed by atoms with Crippen LogP contribution in [0.4, 0.5) is 8.78 Å². The lowest BCUT2D eigenvalue weighted by atomic mass is 9.98. The summed E-state index contributed by atoms with van der Waals surface area (Å²) >= 11 is 0.